The van der Waals surface area contributed by atoms with Crippen molar-refractivity contribution in [2.75, 3.05) is 64.3 Å². The van der Waals surface area contributed by atoms with Crippen molar-refractivity contribution in [2.45, 2.75) is 25.5 Å². The zero-order valence-electron chi connectivity index (χ0n) is 14.7. The molecule has 0 amide bonds. The summed E-state index contributed by atoms with van der Waals surface area (Å²) in [6.45, 7) is 8.40. The predicted octanol–water partition coefficient (Wildman–Crippen LogP) is -0.225. The standard InChI is InChI=1S/C17H30N6O/c1-21-6-8-23(9-7-21)17-19-11-15(12-20-17)10-18-13-16(24)14-22-4-2-3-5-22/h11-12,16,18,24H,2-10,13-14H2,1H3. The fourth-order valence-electron chi connectivity index (χ4n) is 3.32. The maximum atomic E-state index is 10.1. The van der Waals surface area contributed by atoms with Crippen molar-refractivity contribution < 1.29 is 5.11 Å². The van der Waals surface area contributed by atoms with Crippen LogP contribution in [0.4, 0.5) is 5.95 Å². The minimum atomic E-state index is -0.311. The summed E-state index contributed by atoms with van der Waals surface area (Å²) in [7, 11) is 2.14. The van der Waals surface area contributed by atoms with Gasteiger partial charge in [0.05, 0.1) is 6.10 Å². The summed E-state index contributed by atoms with van der Waals surface area (Å²) in [5.41, 5.74) is 1.06. The van der Waals surface area contributed by atoms with Crippen LogP contribution in [-0.4, -0.2) is 90.4 Å². The van der Waals surface area contributed by atoms with E-state index in [-0.39, 0.29) is 6.10 Å². The number of anilines is 1. The largest absolute Gasteiger partial charge is 0.390 e. The Labute approximate surface area is 144 Å². The van der Waals surface area contributed by atoms with Crippen LogP contribution in [0.2, 0.25) is 0 Å². The van der Waals surface area contributed by atoms with Crippen LogP contribution < -0.4 is 10.2 Å². The van der Waals surface area contributed by atoms with E-state index in [1.165, 1.54) is 12.8 Å². The van der Waals surface area contributed by atoms with Crippen LogP contribution >= 0.6 is 0 Å². The summed E-state index contributed by atoms with van der Waals surface area (Å²) in [5.74, 6) is 0.820. The number of hydrogen-bond donors (Lipinski definition) is 2. The molecule has 2 fully saturated rings. The Morgan fingerprint density at radius 3 is 2.42 bits per heavy atom. The number of hydrogen-bond acceptors (Lipinski definition) is 7. The number of piperazine rings is 1. The number of nitrogens with one attached hydrogen (secondary N) is 1. The molecule has 1 aromatic rings. The van der Waals surface area contributed by atoms with Crippen LogP contribution in [0.5, 0.6) is 0 Å². The number of β-amino-alcohol motifs (C(OH)–C–C–N with tert-alkyl or cyclic N) is 1. The molecule has 7 nitrogen and oxygen atoms in total. The average Bonchev–Trinajstić information content (AvgIpc) is 3.09. The van der Waals surface area contributed by atoms with Gasteiger partial charge in [-0.05, 0) is 33.0 Å². The van der Waals surface area contributed by atoms with E-state index in [0.717, 1.165) is 57.3 Å². The molecule has 1 atom stereocenters. The molecule has 0 saturated carbocycles. The molecule has 0 aliphatic carbocycles. The lowest BCUT2D eigenvalue weighted by atomic mass is 10.3. The van der Waals surface area contributed by atoms with Crippen LogP contribution in [0.25, 0.3) is 0 Å². The Morgan fingerprint density at radius 2 is 1.75 bits per heavy atom. The summed E-state index contributed by atoms with van der Waals surface area (Å²) in [6, 6.07) is 0. The molecule has 2 aliphatic heterocycles. The molecule has 134 valence electrons. The van der Waals surface area contributed by atoms with Crippen LogP contribution in [0.1, 0.15) is 18.4 Å². The van der Waals surface area contributed by atoms with Gasteiger partial charge in [0.15, 0.2) is 0 Å². The van der Waals surface area contributed by atoms with Crippen molar-refractivity contribution in [2.24, 2.45) is 0 Å². The van der Waals surface area contributed by atoms with Crippen molar-refractivity contribution >= 4 is 5.95 Å². The van der Waals surface area contributed by atoms with Gasteiger partial charge in [0.1, 0.15) is 0 Å². The first kappa shape index (κ1) is 17.5. The lowest BCUT2D eigenvalue weighted by molar-refractivity contribution is 0.123. The topological polar surface area (TPSA) is 67.8 Å². The van der Waals surface area contributed by atoms with Crippen molar-refractivity contribution in [3.8, 4) is 0 Å². The highest BCUT2D eigenvalue weighted by molar-refractivity contribution is 5.30. The third kappa shape index (κ3) is 5.11. The fourth-order valence-corrected chi connectivity index (χ4v) is 3.32. The summed E-state index contributed by atoms with van der Waals surface area (Å²) in [6.07, 6.45) is 5.99. The van der Waals surface area contributed by atoms with Crippen LogP contribution in [-0.2, 0) is 6.54 Å². The summed E-state index contributed by atoms with van der Waals surface area (Å²) in [4.78, 5) is 15.9. The molecule has 7 heteroatoms. The molecular weight excluding hydrogens is 304 g/mol. The fraction of sp³-hybridized carbons (Fsp3) is 0.765. The van der Waals surface area contributed by atoms with E-state index in [2.05, 4.69) is 37.0 Å². The molecule has 2 saturated heterocycles. The lowest BCUT2D eigenvalue weighted by Gasteiger charge is -2.32. The number of aliphatic hydroxyl groups is 1. The summed E-state index contributed by atoms with van der Waals surface area (Å²) in [5, 5.41) is 13.4. The van der Waals surface area contributed by atoms with E-state index in [0.29, 0.717) is 13.1 Å². The molecule has 0 bridgehead atoms. The smallest absolute Gasteiger partial charge is 0.225 e. The highest BCUT2D eigenvalue weighted by atomic mass is 16.3. The number of likely N-dealkylation sites (tertiary alicyclic amines) is 1. The molecule has 0 spiro atoms. The van der Waals surface area contributed by atoms with Gasteiger partial charge in [-0.1, -0.05) is 0 Å². The third-order valence-electron chi connectivity index (χ3n) is 4.85. The second-order valence-corrected chi connectivity index (χ2v) is 6.97. The van der Waals surface area contributed by atoms with Crippen LogP contribution in [0.3, 0.4) is 0 Å². The molecule has 0 aromatic carbocycles. The van der Waals surface area contributed by atoms with E-state index in [1.807, 2.05) is 12.4 Å². The second kappa shape index (κ2) is 8.71. The van der Waals surface area contributed by atoms with E-state index >= 15 is 0 Å². The predicted molar refractivity (Wildman–Crippen MR) is 95.1 cm³/mol. The Bertz CT molecular complexity index is 482. The number of rotatable bonds is 7. The molecule has 3 heterocycles. The second-order valence-electron chi connectivity index (χ2n) is 6.97. The number of aromatic nitrogens is 2. The van der Waals surface area contributed by atoms with Crippen molar-refractivity contribution in [1.82, 2.24) is 25.1 Å². The van der Waals surface area contributed by atoms with Gasteiger partial charge in [-0.15, -0.1) is 0 Å². The van der Waals surface area contributed by atoms with Gasteiger partial charge >= 0.3 is 0 Å². The first-order valence-corrected chi connectivity index (χ1v) is 9.06. The van der Waals surface area contributed by atoms with Gasteiger partial charge in [0.2, 0.25) is 5.95 Å². The Kier molecular flexibility index (Phi) is 6.37. The zero-order valence-corrected chi connectivity index (χ0v) is 14.7. The normalized spacial score (nSPS) is 21.3. The highest BCUT2D eigenvalue weighted by Gasteiger charge is 2.17. The average molecular weight is 334 g/mol. The minimum Gasteiger partial charge on any atom is -0.390 e. The number of aliphatic hydroxyl groups excluding tert-OH is 1. The Morgan fingerprint density at radius 1 is 1.08 bits per heavy atom. The van der Waals surface area contributed by atoms with Gasteiger partial charge in [-0.2, -0.15) is 0 Å². The molecule has 3 rings (SSSR count). The van der Waals surface area contributed by atoms with Crippen molar-refractivity contribution in [1.29, 1.82) is 0 Å². The third-order valence-corrected chi connectivity index (χ3v) is 4.85. The van der Waals surface area contributed by atoms with Crippen LogP contribution in [0, 0.1) is 0 Å². The quantitative estimate of drug-likeness (QED) is 0.714. The van der Waals surface area contributed by atoms with E-state index < -0.39 is 0 Å². The van der Waals surface area contributed by atoms with E-state index in [4.69, 9.17) is 0 Å². The van der Waals surface area contributed by atoms with Crippen molar-refractivity contribution in [3.63, 3.8) is 0 Å². The zero-order chi connectivity index (χ0) is 16.8. The van der Waals surface area contributed by atoms with Crippen molar-refractivity contribution in [3.05, 3.63) is 18.0 Å². The highest BCUT2D eigenvalue weighted by Crippen LogP contribution is 2.10. The van der Waals surface area contributed by atoms with Gasteiger partial charge in [-0.25, -0.2) is 9.97 Å². The molecule has 1 aromatic heterocycles. The monoisotopic (exact) mass is 334 g/mol. The molecule has 24 heavy (non-hydrogen) atoms. The van der Waals surface area contributed by atoms with Gasteiger partial charge in [0.25, 0.3) is 0 Å². The maximum Gasteiger partial charge on any atom is 0.225 e. The van der Waals surface area contributed by atoms with E-state index in [9.17, 15) is 5.11 Å². The lowest BCUT2D eigenvalue weighted by Crippen LogP contribution is -2.45. The van der Waals surface area contributed by atoms with Crippen LogP contribution in [0.15, 0.2) is 12.4 Å². The van der Waals surface area contributed by atoms with Gasteiger partial charge < -0.3 is 25.1 Å². The van der Waals surface area contributed by atoms with Gasteiger partial charge in [-0.3, -0.25) is 0 Å². The summed E-state index contributed by atoms with van der Waals surface area (Å²) >= 11 is 0. The molecule has 1 unspecified atom stereocenters. The number of likely N-dealkylation sites (N-methyl/N-ethyl adjacent to an activating group) is 1. The molecule has 0 radical (unpaired) electrons. The molecular formula is C17H30N6O. The maximum absolute atomic E-state index is 10.1. The first-order chi connectivity index (χ1) is 11.7. The number of nitrogens with zero attached hydrogens (tertiary/aromatic N) is 5. The SMILES string of the molecule is CN1CCN(c2ncc(CNCC(O)CN3CCCC3)cn2)CC1. The van der Waals surface area contributed by atoms with E-state index in [1.54, 1.807) is 0 Å². The minimum absolute atomic E-state index is 0.311. The Balaban J connectivity index is 1.38. The summed E-state index contributed by atoms with van der Waals surface area (Å²) < 4.78 is 0. The first-order valence-electron chi connectivity index (χ1n) is 9.06. The van der Waals surface area contributed by atoms with Gasteiger partial charge in [0, 0.05) is 63.8 Å². The Hall–Kier alpha value is -1.28. The molecule has 2 N–H and O–H groups in total. The molecule has 2 aliphatic rings.